The van der Waals surface area contributed by atoms with Gasteiger partial charge in [0.05, 0.1) is 6.61 Å². The second-order valence-corrected chi connectivity index (χ2v) is 3.82. The Morgan fingerprint density at radius 3 is 2.42 bits per heavy atom. The summed E-state index contributed by atoms with van der Waals surface area (Å²) in [4.78, 5) is 0. The number of hydrogen-bond acceptors (Lipinski definition) is 2. The molecule has 12 heavy (non-hydrogen) atoms. The molecule has 1 atom stereocenters. The summed E-state index contributed by atoms with van der Waals surface area (Å²) in [6.45, 7) is 7.82. The van der Waals surface area contributed by atoms with Crippen LogP contribution in [0.5, 0.6) is 0 Å². The van der Waals surface area contributed by atoms with Crippen molar-refractivity contribution in [2.24, 2.45) is 5.92 Å². The van der Waals surface area contributed by atoms with Crippen molar-refractivity contribution in [1.82, 2.24) is 5.32 Å². The highest BCUT2D eigenvalue weighted by Gasteiger charge is 2.05. The summed E-state index contributed by atoms with van der Waals surface area (Å²) in [6.07, 6.45) is 3.51. The van der Waals surface area contributed by atoms with Gasteiger partial charge in [-0.1, -0.05) is 33.6 Å². The standard InChI is InChI=1S/C10H23NO/c1-4-5-6-10(8-12)11-7-9(2)3/h9-12H,4-8H2,1-3H3. The first-order valence-electron chi connectivity index (χ1n) is 5.05. The van der Waals surface area contributed by atoms with Crippen molar-refractivity contribution in [2.45, 2.75) is 46.1 Å². The molecule has 2 heteroatoms. The Balaban J connectivity index is 3.39. The van der Waals surface area contributed by atoms with E-state index in [1.165, 1.54) is 12.8 Å². The van der Waals surface area contributed by atoms with Crippen molar-refractivity contribution < 1.29 is 5.11 Å². The molecule has 0 radical (unpaired) electrons. The quantitative estimate of drug-likeness (QED) is 0.615. The molecule has 0 aromatic carbocycles. The number of aliphatic hydroxyl groups excluding tert-OH is 1. The van der Waals surface area contributed by atoms with E-state index in [-0.39, 0.29) is 6.61 Å². The van der Waals surface area contributed by atoms with E-state index in [4.69, 9.17) is 5.11 Å². The normalized spacial score (nSPS) is 13.8. The number of unbranched alkanes of at least 4 members (excludes halogenated alkanes) is 1. The Bertz CT molecular complexity index is 93.8. The molecule has 0 rings (SSSR count). The molecule has 0 aliphatic rings. The minimum absolute atomic E-state index is 0.271. The Labute approximate surface area is 76.4 Å². The third kappa shape index (κ3) is 6.62. The topological polar surface area (TPSA) is 32.3 Å². The van der Waals surface area contributed by atoms with Crippen LogP contribution < -0.4 is 5.32 Å². The largest absolute Gasteiger partial charge is 0.395 e. The van der Waals surface area contributed by atoms with E-state index in [0.717, 1.165) is 13.0 Å². The number of nitrogens with one attached hydrogen (secondary N) is 1. The van der Waals surface area contributed by atoms with Crippen LogP contribution in [0, 0.1) is 5.92 Å². The molecule has 2 nitrogen and oxygen atoms in total. The number of aliphatic hydroxyl groups is 1. The van der Waals surface area contributed by atoms with E-state index < -0.39 is 0 Å². The van der Waals surface area contributed by atoms with Crippen molar-refractivity contribution >= 4 is 0 Å². The first kappa shape index (κ1) is 11.9. The van der Waals surface area contributed by atoms with Crippen LogP contribution in [-0.2, 0) is 0 Å². The molecule has 0 saturated carbocycles. The zero-order chi connectivity index (χ0) is 9.40. The average molecular weight is 173 g/mol. The monoisotopic (exact) mass is 173 g/mol. The fourth-order valence-corrected chi connectivity index (χ4v) is 1.11. The third-order valence-corrected chi connectivity index (χ3v) is 1.94. The lowest BCUT2D eigenvalue weighted by atomic mass is 10.1. The number of rotatable bonds is 7. The van der Waals surface area contributed by atoms with E-state index in [9.17, 15) is 0 Å². The average Bonchev–Trinajstić information content (AvgIpc) is 2.05. The lowest BCUT2D eigenvalue weighted by Gasteiger charge is -2.17. The molecule has 0 fully saturated rings. The zero-order valence-corrected chi connectivity index (χ0v) is 8.64. The Kier molecular flexibility index (Phi) is 7.51. The summed E-state index contributed by atoms with van der Waals surface area (Å²) in [5.74, 6) is 0.667. The fourth-order valence-electron chi connectivity index (χ4n) is 1.11. The minimum atomic E-state index is 0.271. The van der Waals surface area contributed by atoms with Crippen LogP contribution in [0.25, 0.3) is 0 Å². The van der Waals surface area contributed by atoms with Crippen molar-refractivity contribution in [3.63, 3.8) is 0 Å². The minimum Gasteiger partial charge on any atom is -0.395 e. The predicted molar refractivity (Wildman–Crippen MR) is 53.2 cm³/mol. The van der Waals surface area contributed by atoms with Crippen molar-refractivity contribution in [3.8, 4) is 0 Å². The van der Waals surface area contributed by atoms with Gasteiger partial charge < -0.3 is 10.4 Å². The van der Waals surface area contributed by atoms with Gasteiger partial charge in [-0.3, -0.25) is 0 Å². The first-order valence-corrected chi connectivity index (χ1v) is 5.05. The van der Waals surface area contributed by atoms with Gasteiger partial charge in [-0.15, -0.1) is 0 Å². The van der Waals surface area contributed by atoms with Gasteiger partial charge in [0.15, 0.2) is 0 Å². The molecule has 1 unspecified atom stereocenters. The summed E-state index contributed by atoms with van der Waals surface area (Å²) >= 11 is 0. The van der Waals surface area contributed by atoms with Crippen LogP contribution in [-0.4, -0.2) is 24.3 Å². The summed E-state index contributed by atoms with van der Waals surface area (Å²) in [5.41, 5.74) is 0. The highest BCUT2D eigenvalue weighted by Crippen LogP contribution is 2.00. The third-order valence-electron chi connectivity index (χ3n) is 1.94. The molecule has 0 bridgehead atoms. The molecule has 0 aliphatic carbocycles. The predicted octanol–water partition coefficient (Wildman–Crippen LogP) is 1.78. The van der Waals surface area contributed by atoms with Crippen molar-refractivity contribution in [3.05, 3.63) is 0 Å². The Morgan fingerprint density at radius 2 is 2.00 bits per heavy atom. The molecule has 0 aliphatic heterocycles. The second-order valence-electron chi connectivity index (χ2n) is 3.82. The smallest absolute Gasteiger partial charge is 0.0584 e. The summed E-state index contributed by atoms with van der Waals surface area (Å²) in [6, 6.07) is 0.312. The van der Waals surface area contributed by atoms with Gasteiger partial charge in [0, 0.05) is 6.04 Å². The molecule has 0 aromatic heterocycles. The molecule has 0 saturated heterocycles. The van der Waals surface area contributed by atoms with Gasteiger partial charge >= 0.3 is 0 Å². The fraction of sp³-hybridized carbons (Fsp3) is 1.00. The van der Waals surface area contributed by atoms with Gasteiger partial charge in [-0.25, -0.2) is 0 Å². The molecule has 0 aromatic rings. The van der Waals surface area contributed by atoms with Crippen LogP contribution in [0.15, 0.2) is 0 Å². The molecule has 2 N–H and O–H groups in total. The van der Waals surface area contributed by atoms with E-state index in [2.05, 4.69) is 26.1 Å². The maximum atomic E-state index is 9.00. The van der Waals surface area contributed by atoms with E-state index >= 15 is 0 Å². The molecule has 0 amide bonds. The van der Waals surface area contributed by atoms with E-state index in [1.807, 2.05) is 0 Å². The van der Waals surface area contributed by atoms with Crippen LogP contribution in [0.4, 0.5) is 0 Å². The summed E-state index contributed by atoms with van der Waals surface area (Å²) in [5, 5.41) is 12.4. The maximum Gasteiger partial charge on any atom is 0.0584 e. The lowest BCUT2D eigenvalue weighted by molar-refractivity contribution is 0.230. The van der Waals surface area contributed by atoms with Gasteiger partial charge in [0.25, 0.3) is 0 Å². The van der Waals surface area contributed by atoms with Gasteiger partial charge in [-0.2, -0.15) is 0 Å². The van der Waals surface area contributed by atoms with Gasteiger partial charge in [0.2, 0.25) is 0 Å². The first-order chi connectivity index (χ1) is 5.70. The molecule has 74 valence electrons. The molecule has 0 heterocycles. The highest BCUT2D eigenvalue weighted by atomic mass is 16.3. The second kappa shape index (κ2) is 7.56. The summed E-state index contributed by atoms with van der Waals surface area (Å²) < 4.78 is 0. The van der Waals surface area contributed by atoms with Gasteiger partial charge in [0.1, 0.15) is 0 Å². The highest BCUT2D eigenvalue weighted by molar-refractivity contribution is 4.65. The zero-order valence-electron chi connectivity index (χ0n) is 8.64. The maximum absolute atomic E-state index is 9.00. The van der Waals surface area contributed by atoms with Crippen LogP contribution in [0.2, 0.25) is 0 Å². The van der Waals surface area contributed by atoms with Crippen molar-refractivity contribution in [1.29, 1.82) is 0 Å². The van der Waals surface area contributed by atoms with Crippen LogP contribution in [0.1, 0.15) is 40.0 Å². The molecular weight excluding hydrogens is 150 g/mol. The lowest BCUT2D eigenvalue weighted by Crippen LogP contribution is -2.34. The SMILES string of the molecule is CCCCC(CO)NCC(C)C. The van der Waals surface area contributed by atoms with Gasteiger partial charge in [-0.05, 0) is 18.9 Å². The Hall–Kier alpha value is -0.0800. The molecule has 0 spiro atoms. The van der Waals surface area contributed by atoms with Crippen LogP contribution in [0.3, 0.4) is 0 Å². The van der Waals surface area contributed by atoms with E-state index in [1.54, 1.807) is 0 Å². The number of hydrogen-bond donors (Lipinski definition) is 2. The molecular formula is C10H23NO. The van der Waals surface area contributed by atoms with Crippen molar-refractivity contribution in [2.75, 3.05) is 13.2 Å². The Morgan fingerprint density at radius 1 is 1.33 bits per heavy atom. The van der Waals surface area contributed by atoms with Crippen LogP contribution >= 0.6 is 0 Å². The van der Waals surface area contributed by atoms with E-state index in [0.29, 0.717) is 12.0 Å². The summed E-state index contributed by atoms with van der Waals surface area (Å²) in [7, 11) is 0.